The van der Waals surface area contributed by atoms with Gasteiger partial charge in [-0.05, 0) is 13.0 Å². The van der Waals surface area contributed by atoms with E-state index in [1.165, 1.54) is 6.92 Å². The number of hydrogen-bond acceptors (Lipinski definition) is 3. The summed E-state index contributed by atoms with van der Waals surface area (Å²) < 4.78 is 5.14. The number of hydrogen-bond donors (Lipinski definition) is 1. The zero-order valence-electron chi connectivity index (χ0n) is 7.70. The summed E-state index contributed by atoms with van der Waals surface area (Å²) in [5.74, 6) is 0.461. The van der Waals surface area contributed by atoms with Gasteiger partial charge in [0, 0.05) is 13.0 Å². The quantitative estimate of drug-likeness (QED) is 0.765. The van der Waals surface area contributed by atoms with E-state index in [0.717, 1.165) is 0 Å². The van der Waals surface area contributed by atoms with Crippen LogP contribution in [0, 0.1) is 0 Å². The second-order valence-electron chi connectivity index (χ2n) is 2.50. The molecular weight excluding hydrogens is 168 g/mol. The molecule has 0 unspecified atom stereocenters. The monoisotopic (exact) mass is 180 g/mol. The van der Waals surface area contributed by atoms with Crippen LogP contribution >= 0.6 is 0 Å². The number of rotatable bonds is 3. The van der Waals surface area contributed by atoms with Crippen LogP contribution in [-0.4, -0.2) is 17.5 Å². The standard InChI is InChI=1S/C9H12N2O2/c1-3-13-9-5-4-8(6-10-9)11-7(2)12/h4-6H,3H2,1-2H3,(H,11,12). The summed E-state index contributed by atoms with van der Waals surface area (Å²) >= 11 is 0. The maximum absolute atomic E-state index is 10.7. The molecule has 1 heterocycles. The molecule has 13 heavy (non-hydrogen) atoms. The fourth-order valence-corrected chi connectivity index (χ4v) is 0.891. The van der Waals surface area contributed by atoms with Gasteiger partial charge in [-0.1, -0.05) is 0 Å². The lowest BCUT2D eigenvalue weighted by Crippen LogP contribution is -2.06. The lowest BCUT2D eigenvalue weighted by Gasteiger charge is -2.03. The maximum atomic E-state index is 10.7. The highest BCUT2D eigenvalue weighted by atomic mass is 16.5. The molecule has 0 radical (unpaired) electrons. The topological polar surface area (TPSA) is 51.2 Å². The number of nitrogens with zero attached hydrogens (tertiary/aromatic N) is 1. The Kier molecular flexibility index (Phi) is 3.25. The molecule has 0 atom stereocenters. The van der Waals surface area contributed by atoms with Gasteiger partial charge in [0.15, 0.2) is 0 Å². The number of carbonyl (C=O) groups excluding carboxylic acids is 1. The second-order valence-corrected chi connectivity index (χ2v) is 2.50. The average molecular weight is 180 g/mol. The van der Waals surface area contributed by atoms with Gasteiger partial charge < -0.3 is 10.1 Å². The Morgan fingerprint density at radius 2 is 2.38 bits per heavy atom. The predicted octanol–water partition coefficient (Wildman–Crippen LogP) is 1.44. The highest BCUT2D eigenvalue weighted by Crippen LogP contribution is 2.10. The van der Waals surface area contributed by atoms with Crippen LogP contribution < -0.4 is 10.1 Å². The molecule has 4 nitrogen and oxygen atoms in total. The van der Waals surface area contributed by atoms with Crippen molar-refractivity contribution in [1.82, 2.24) is 4.98 Å². The van der Waals surface area contributed by atoms with Crippen molar-refractivity contribution in [1.29, 1.82) is 0 Å². The molecule has 0 aromatic carbocycles. The van der Waals surface area contributed by atoms with E-state index in [2.05, 4.69) is 10.3 Å². The van der Waals surface area contributed by atoms with Crippen molar-refractivity contribution < 1.29 is 9.53 Å². The third kappa shape index (κ3) is 3.11. The summed E-state index contributed by atoms with van der Waals surface area (Å²) in [6.07, 6.45) is 1.56. The lowest BCUT2D eigenvalue weighted by atomic mass is 10.4. The van der Waals surface area contributed by atoms with Gasteiger partial charge in [-0.15, -0.1) is 0 Å². The largest absolute Gasteiger partial charge is 0.478 e. The van der Waals surface area contributed by atoms with Gasteiger partial charge in [0.25, 0.3) is 0 Å². The number of ether oxygens (including phenoxy) is 1. The number of amides is 1. The minimum atomic E-state index is -0.106. The normalized spacial score (nSPS) is 9.38. The molecule has 0 saturated carbocycles. The SMILES string of the molecule is CCOc1ccc(NC(C)=O)cn1. The number of pyridine rings is 1. The first kappa shape index (κ1) is 9.51. The van der Waals surface area contributed by atoms with Gasteiger partial charge in [-0.2, -0.15) is 0 Å². The third-order valence-electron chi connectivity index (χ3n) is 1.35. The molecule has 1 rings (SSSR count). The highest BCUT2D eigenvalue weighted by Gasteiger charge is 1.96. The summed E-state index contributed by atoms with van der Waals surface area (Å²) in [5.41, 5.74) is 0.677. The van der Waals surface area contributed by atoms with E-state index in [0.29, 0.717) is 18.2 Å². The molecule has 0 bridgehead atoms. The van der Waals surface area contributed by atoms with E-state index in [1.807, 2.05) is 6.92 Å². The third-order valence-corrected chi connectivity index (χ3v) is 1.35. The molecule has 0 fully saturated rings. The number of aromatic nitrogens is 1. The molecule has 1 amide bonds. The van der Waals surface area contributed by atoms with Crippen LogP contribution in [0.25, 0.3) is 0 Å². The van der Waals surface area contributed by atoms with Crippen LogP contribution in [0.4, 0.5) is 5.69 Å². The molecule has 70 valence electrons. The molecule has 4 heteroatoms. The molecular formula is C9H12N2O2. The lowest BCUT2D eigenvalue weighted by molar-refractivity contribution is -0.114. The van der Waals surface area contributed by atoms with Crippen molar-refractivity contribution in [2.75, 3.05) is 11.9 Å². The maximum Gasteiger partial charge on any atom is 0.221 e. The van der Waals surface area contributed by atoms with Crippen molar-refractivity contribution >= 4 is 11.6 Å². The first-order valence-electron chi connectivity index (χ1n) is 4.09. The van der Waals surface area contributed by atoms with E-state index in [-0.39, 0.29) is 5.91 Å². The van der Waals surface area contributed by atoms with Crippen LogP contribution in [0.1, 0.15) is 13.8 Å². The van der Waals surface area contributed by atoms with Crippen molar-refractivity contribution in [3.8, 4) is 5.88 Å². The van der Waals surface area contributed by atoms with Gasteiger partial charge in [0.2, 0.25) is 11.8 Å². The van der Waals surface area contributed by atoms with Crippen molar-refractivity contribution in [2.45, 2.75) is 13.8 Å². The number of carbonyl (C=O) groups is 1. The van der Waals surface area contributed by atoms with Gasteiger partial charge in [-0.3, -0.25) is 4.79 Å². The molecule has 1 aromatic heterocycles. The van der Waals surface area contributed by atoms with Crippen LogP contribution in [0.15, 0.2) is 18.3 Å². The Bertz CT molecular complexity index is 282. The molecule has 0 aliphatic carbocycles. The first-order valence-corrected chi connectivity index (χ1v) is 4.09. The fourth-order valence-electron chi connectivity index (χ4n) is 0.891. The van der Waals surface area contributed by atoms with E-state index in [9.17, 15) is 4.79 Å². The molecule has 0 saturated heterocycles. The molecule has 0 aliphatic heterocycles. The van der Waals surface area contributed by atoms with Crippen LogP contribution in [-0.2, 0) is 4.79 Å². The van der Waals surface area contributed by atoms with E-state index < -0.39 is 0 Å². The molecule has 0 aliphatic rings. The Hall–Kier alpha value is -1.58. The molecule has 1 N–H and O–H groups in total. The Labute approximate surface area is 76.9 Å². The first-order chi connectivity index (χ1) is 6.22. The van der Waals surface area contributed by atoms with Gasteiger partial charge in [0.05, 0.1) is 18.5 Å². The van der Waals surface area contributed by atoms with Gasteiger partial charge >= 0.3 is 0 Å². The average Bonchev–Trinajstić information content (AvgIpc) is 2.08. The minimum absolute atomic E-state index is 0.106. The molecule has 0 spiro atoms. The van der Waals surface area contributed by atoms with E-state index in [4.69, 9.17) is 4.74 Å². The van der Waals surface area contributed by atoms with Gasteiger partial charge in [0.1, 0.15) is 0 Å². The summed E-state index contributed by atoms with van der Waals surface area (Å²) in [6, 6.07) is 3.47. The Balaban J connectivity index is 2.64. The number of anilines is 1. The fraction of sp³-hybridized carbons (Fsp3) is 0.333. The summed E-state index contributed by atoms with van der Waals surface area (Å²) in [4.78, 5) is 14.6. The minimum Gasteiger partial charge on any atom is -0.478 e. The Morgan fingerprint density at radius 3 is 2.85 bits per heavy atom. The van der Waals surface area contributed by atoms with Crippen molar-refractivity contribution in [3.05, 3.63) is 18.3 Å². The van der Waals surface area contributed by atoms with Crippen LogP contribution in [0.2, 0.25) is 0 Å². The molecule has 1 aromatic rings. The highest BCUT2D eigenvalue weighted by molar-refractivity contribution is 5.88. The smallest absolute Gasteiger partial charge is 0.221 e. The number of nitrogens with one attached hydrogen (secondary N) is 1. The second kappa shape index (κ2) is 4.45. The zero-order chi connectivity index (χ0) is 9.68. The summed E-state index contributed by atoms with van der Waals surface area (Å²) in [5, 5.41) is 2.62. The van der Waals surface area contributed by atoms with E-state index in [1.54, 1.807) is 18.3 Å². The van der Waals surface area contributed by atoms with E-state index >= 15 is 0 Å². The zero-order valence-corrected chi connectivity index (χ0v) is 7.70. The van der Waals surface area contributed by atoms with Crippen LogP contribution in [0.5, 0.6) is 5.88 Å². The summed E-state index contributed by atoms with van der Waals surface area (Å²) in [6.45, 7) is 3.94. The predicted molar refractivity (Wildman–Crippen MR) is 49.7 cm³/mol. The van der Waals surface area contributed by atoms with Crippen molar-refractivity contribution in [2.24, 2.45) is 0 Å². The van der Waals surface area contributed by atoms with Crippen LogP contribution in [0.3, 0.4) is 0 Å². The Morgan fingerprint density at radius 1 is 1.62 bits per heavy atom. The van der Waals surface area contributed by atoms with Crippen molar-refractivity contribution in [3.63, 3.8) is 0 Å². The summed E-state index contributed by atoms with van der Waals surface area (Å²) in [7, 11) is 0. The van der Waals surface area contributed by atoms with Gasteiger partial charge in [-0.25, -0.2) is 4.98 Å².